The number of anilines is 2. The molecule has 1 aromatic carbocycles. The Kier molecular flexibility index (Phi) is 4.59. The summed E-state index contributed by atoms with van der Waals surface area (Å²) in [5, 5.41) is 2.81. The third-order valence-corrected chi connectivity index (χ3v) is 4.00. The number of nitrogens with one attached hydrogen (secondary N) is 1. The number of hydrogen-bond acceptors (Lipinski definition) is 3. The summed E-state index contributed by atoms with van der Waals surface area (Å²) < 4.78 is 2.44. The van der Waals surface area contributed by atoms with Gasteiger partial charge in [-0.15, -0.1) is 0 Å². The van der Waals surface area contributed by atoms with Gasteiger partial charge in [-0.1, -0.05) is 15.9 Å². The topological polar surface area (TPSA) is 68.0 Å². The minimum absolute atomic E-state index is 0.252. The molecule has 1 amide bonds. The SMILES string of the molecule is Nc1cc(C(=O)Nc2c(Br)cc(Br)cc2Br)ccn1. The third-order valence-electron chi connectivity index (χ3n) is 2.29. The monoisotopic (exact) mass is 447 g/mol. The fraction of sp³-hybridized carbons (Fsp3) is 0. The minimum Gasteiger partial charge on any atom is -0.384 e. The van der Waals surface area contributed by atoms with Crippen LogP contribution in [0.1, 0.15) is 10.4 Å². The molecule has 2 aromatic rings. The number of nitrogens with two attached hydrogens (primary N) is 1. The van der Waals surface area contributed by atoms with Gasteiger partial charge in [-0.2, -0.15) is 0 Å². The highest BCUT2D eigenvalue weighted by Crippen LogP contribution is 2.34. The Morgan fingerprint density at radius 1 is 1.16 bits per heavy atom. The van der Waals surface area contributed by atoms with E-state index in [9.17, 15) is 4.79 Å². The molecule has 7 heteroatoms. The van der Waals surface area contributed by atoms with Crippen LogP contribution < -0.4 is 11.1 Å². The van der Waals surface area contributed by atoms with Crippen molar-refractivity contribution in [1.29, 1.82) is 0 Å². The average Bonchev–Trinajstić information content (AvgIpc) is 2.33. The summed E-state index contributed by atoms with van der Waals surface area (Å²) in [5.41, 5.74) is 6.66. The zero-order chi connectivity index (χ0) is 14.0. The molecule has 0 aliphatic rings. The number of carbonyl (C=O) groups is 1. The van der Waals surface area contributed by atoms with Gasteiger partial charge in [0.05, 0.1) is 5.69 Å². The van der Waals surface area contributed by atoms with E-state index in [1.54, 1.807) is 6.07 Å². The standard InChI is InChI=1S/C12H8Br3N3O/c13-7-4-8(14)11(9(15)5-7)18-12(19)6-1-2-17-10(16)3-6/h1-5H,(H2,16,17)(H,18,19). The summed E-state index contributed by atoms with van der Waals surface area (Å²) in [4.78, 5) is 16.0. The summed E-state index contributed by atoms with van der Waals surface area (Å²) in [7, 11) is 0. The largest absolute Gasteiger partial charge is 0.384 e. The van der Waals surface area contributed by atoms with Gasteiger partial charge in [0.2, 0.25) is 0 Å². The number of pyridine rings is 1. The maximum Gasteiger partial charge on any atom is 0.255 e. The number of halogens is 3. The van der Waals surface area contributed by atoms with Gasteiger partial charge in [-0.05, 0) is 56.1 Å². The van der Waals surface area contributed by atoms with Crippen molar-refractivity contribution in [3.8, 4) is 0 Å². The number of aromatic nitrogens is 1. The van der Waals surface area contributed by atoms with E-state index in [2.05, 4.69) is 58.1 Å². The van der Waals surface area contributed by atoms with Crippen molar-refractivity contribution in [2.24, 2.45) is 0 Å². The molecular weight excluding hydrogens is 442 g/mol. The molecule has 0 spiro atoms. The summed E-state index contributed by atoms with van der Waals surface area (Å²) in [6.07, 6.45) is 1.50. The molecule has 4 nitrogen and oxygen atoms in total. The maximum absolute atomic E-state index is 12.1. The van der Waals surface area contributed by atoms with E-state index in [1.165, 1.54) is 12.3 Å². The van der Waals surface area contributed by atoms with Gasteiger partial charge in [0.1, 0.15) is 5.82 Å². The first-order chi connectivity index (χ1) is 8.97. The molecular formula is C12H8Br3N3O. The summed E-state index contributed by atoms with van der Waals surface area (Å²) >= 11 is 10.2. The lowest BCUT2D eigenvalue weighted by molar-refractivity contribution is 0.102. The second kappa shape index (κ2) is 6.02. The van der Waals surface area contributed by atoms with Gasteiger partial charge < -0.3 is 11.1 Å². The van der Waals surface area contributed by atoms with Crippen molar-refractivity contribution >= 4 is 65.2 Å². The lowest BCUT2D eigenvalue weighted by Gasteiger charge is -2.10. The molecule has 3 N–H and O–H groups in total. The minimum atomic E-state index is -0.252. The molecule has 0 saturated carbocycles. The van der Waals surface area contributed by atoms with Crippen LogP contribution in [0, 0.1) is 0 Å². The van der Waals surface area contributed by atoms with Crippen molar-refractivity contribution in [2.45, 2.75) is 0 Å². The highest BCUT2D eigenvalue weighted by Gasteiger charge is 2.12. The average molecular weight is 450 g/mol. The molecule has 1 heterocycles. The van der Waals surface area contributed by atoms with Crippen molar-refractivity contribution in [1.82, 2.24) is 4.98 Å². The molecule has 2 rings (SSSR count). The number of amides is 1. The Morgan fingerprint density at radius 3 is 2.37 bits per heavy atom. The number of carbonyl (C=O) groups excluding carboxylic acids is 1. The number of nitrogen functional groups attached to an aromatic ring is 1. The van der Waals surface area contributed by atoms with Gasteiger partial charge in [-0.3, -0.25) is 4.79 Å². The highest BCUT2D eigenvalue weighted by molar-refractivity contribution is 9.11. The molecule has 19 heavy (non-hydrogen) atoms. The van der Waals surface area contributed by atoms with E-state index in [0.29, 0.717) is 17.1 Å². The van der Waals surface area contributed by atoms with Crippen LogP contribution in [0.2, 0.25) is 0 Å². The normalized spacial score (nSPS) is 10.3. The van der Waals surface area contributed by atoms with Crippen molar-refractivity contribution in [2.75, 3.05) is 11.1 Å². The molecule has 0 fully saturated rings. The first-order valence-electron chi connectivity index (χ1n) is 5.15. The fourth-order valence-electron chi connectivity index (χ4n) is 1.44. The Bertz CT molecular complexity index is 623. The van der Waals surface area contributed by atoms with Crippen LogP contribution in [-0.4, -0.2) is 10.9 Å². The van der Waals surface area contributed by atoms with E-state index >= 15 is 0 Å². The maximum atomic E-state index is 12.1. The smallest absolute Gasteiger partial charge is 0.255 e. The van der Waals surface area contributed by atoms with Gasteiger partial charge in [-0.25, -0.2) is 4.98 Å². The molecule has 1 aromatic heterocycles. The number of benzene rings is 1. The van der Waals surface area contributed by atoms with Gasteiger partial charge in [0.25, 0.3) is 5.91 Å². The molecule has 0 aliphatic heterocycles. The molecule has 0 atom stereocenters. The first kappa shape index (κ1) is 14.5. The van der Waals surface area contributed by atoms with Crippen LogP contribution in [0.25, 0.3) is 0 Å². The molecule has 98 valence electrons. The van der Waals surface area contributed by atoms with E-state index in [-0.39, 0.29) is 5.91 Å². The van der Waals surface area contributed by atoms with Crippen LogP contribution in [0.5, 0.6) is 0 Å². The number of hydrogen-bond donors (Lipinski definition) is 2. The molecule has 0 unspecified atom stereocenters. The molecule has 0 aliphatic carbocycles. The summed E-state index contributed by atoms with van der Waals surface area (Å²) in [6, 6.07) is 6.82. The summed E-state index contributed by atoms with van der Waals surface area (Å²) in [6.45, 7) is 0. The van der Waals surface area contributed by atoms with Crippen LogP contribution in [0.15, 0.2) is 43.9 Å². The van der Waals surface area contributed by atoms with Crippen LogP contribution in [-0.2, 0) is 0 Å². The first-order valence-corrected chi connectivity index (χ1v) is 7.52. The van der Waals surface area contributed by atoms with Gasteiger partial charge in [0, 0.05) is 25.2 Å². The lowest BCUT2D eigenvalue weighted by Crippen LogP contribution is -2.13. The Labute approximate surface area is 135 Å². The Hall–Kier alpha value is -0.920. The van der Waals surface area contributed by atoms with Crippen molar-refractivity contribution in [3.05, 3.63) is 49.4 Å². The number of nitrogens with zero attached hydrogens (tertiary/aromatic N) is 1. The Balaban J connectivity index is 2.29. The predicted octanol–water partition coefficient (Wildman–Crippen LogP) is 4.20. The number of rotatable bonds is 2. The van der Waals surface area contributed by atoms with E-state index < -0.39 is 0 Å². The predicted molar refractivity (Wildman–Crippen MR) is 86.1 cm³/mol. The van der Waals surface area contributed by atoms with Crippen LogP contribution in [0.3, 0.4) is 0 Å². The van der Waals surface area contributed by atoms with Crippen molar-refractivity contribution in [3.63, 3.8) is 0 Å². The Morgan fingerprint density at radius 2 is 1.79 bits per heavy atom. The van der Waals surface area contributed by atoms with Gasteiger partial charge >= 0.3 is 0 Å². The molecule has 0 radical (unpaired) electrons. The lowest BCUT2D eigenvalue weighted by atomic mass is 10.2. The molecule has 0 bridgehead atoms. The fourth-order valence-corrected chi connectivity index (χ4v) is 3.89. The second-order valence-corrected chi connectivity index (χ2v) is 6.29. The zero-order valence-corrected chi connectivity index (χ0v) is 14.2. The van der Waals surface area contributed by atoms with E-state index in [1.807, 2.05) is 12.1 Å². The van der Waals surface area contributed by atoms with Crippen LogP contribution in [0.4, 0.5) is 11.5 Å². The quantitative estimate of drug-likeness (QED) is 0.721. The summed E-state index contributed by atoms with van der Waals surface area (Å²) in [5.74, 6) is 0.0550. The zero-order valence-electron chi connectivity index (χ0n) is 9.45. The van der Waals surface area contributed by atoms with E-state index in [0.717, 1.165) is 13.4 Å². The van der Waals surface area contributed by atoms with Crippen molar-refractivity contribution < 1.29 is 4.79 Å². The van der Waals surface area contributed by atoms with Gasteiger partial charge in [0.15, 0.2) is 0 Å². The van der Waals surface area contributed by atoms with E-state index in [4.69, 9.17) is 5.73 Å². The highest BCUT2D eigenvalue weighted by atomic mass is 79.9. The second-order valence-electron chi connectivity index (χ2n) is 3.67. The molecule has 0 saturated heterocycles. The van der Waals surface area contributed by atoms with Crippen LogP contribution >= 0.6 is 47.8 Å². The third kappa shape index (κ3) is 3.55.